The van der Waals surface area contributed by atoms with E-state index in [1.165, 1.54) is 10.3 Å². The maximum atomic E-state index is 4.61. The summed E-state index contributed by atoms with van der Waals surface area (Å²) in [5.41, 5.74) is 3.48. The van der Waals surface area contributed by atoms with E-state index in [2.05, 4.69) is 57.4 Å². The number of halogens is 1. The molecule has 0 aliphatic heterocycles. The minimum absolute atomic E-state index is 0.939. The zero-order valence-corrected chi connectivity index (χ0v) is 12.9. The van der Waals surface area contributed by atoms with Gasteiger partial charge in [0, 0.05) is 10.2 Å². The molecule has 1 N–H and O–H groups in total. The van der Waals surface area contributed by atoms with Gasteiger partial charge in [-0.15, -0.1) is 0 Å². The van der Waals surface area contributed by atoms with Gasteiger partial charge in [-0.1, -0.05) is 52.4 Å². The summed E-state index contributed by atoms with van der Waals surface area (Å²) in [7, 11) is 0. The molecule has 4 heteroatoms. The van der Waals surface area contributed by atoms with E-state index in [0.29, 0.717) is 0 Å². The highest BCUT2D eigenvalue weighted by atomic mass is 79.9. The zero-order chi connectivity index (χ0) is 13.2. The molecule has 1 heterocycles. The molecule has 0 aliphatic carbocycles. The number of para-hydroxylation sites is 1. The van der Waals surface area contributed by atoms with Gasteiger partial charge in [-0.25, -0.2) is 4.98 Å². The minimum atomic E-state index is 0.939. The lowest BCUT2D eigenvalue weighted by atomic mass is 10.1. The zero-order valence-electron chi connectivity index (χ0n) is 10.5. The molecule has 0 saturated carbocycles. The third-order valence-corrected chi connectivity index (χ3v) is 4.42. The second-order valence-corrected chi connectivity index (χ2v) is 6.21. The number of aryl methyl sites for hydroxylation is 1. The van der Waals surface area contributed by atoms with Gasteiger partial charge in [-0.3, -0.25) is 0 Å². The molecule has 1 aromatic heterocycles. The predicted molar refractivity (Wildman–Crippen MR) is 86.4 cm³/mol. The summed E-state index contributed by atoms with van der Waals surface area (Å²) in [6.45, 7) is 2.16. The Morgan fingerprint density at radius 3 is 2.89 bits per heavy atom. The monoisotopic (exact) mass is 332 g/mol. The fourth-order valence-electron chi connectivity index (χ4n) is 2.02. The maximum absolute atomic E-state index is 4.61. The van der Waals surface area contributed by atoms with Crippen molar-refractivity contribution in [2.45, 2.75) is 13.3 Å². The number of thiazole rings is 1. The Hall–Kier alpha value is -1.39. The molecule has 0 saturated heterocycles. The Bertz CT molecular complexity index is 721. The Labute approximate surface area is 124 Å². The molecule has 19 heavy (non-hydrogen) atoms. The number of rotatable bonds is 3. The molecule has 0 atom stereocenters. The molecule has 0 radical (unpaired) electrons. The number of hydrogen-bond donors (Lipinski definition) is 1. The molecule has 0 fully saturated rings. The van der Waals surface area contributed by atoms with Gasteiger partial charge in [0.05, 0.1) is 10.2 Å². The molecule has 0 aliphatic rings. The SMILES string of the molecule is CCc1ccccc1Nc1nc2ccc(Br)cc2s1. The van der Waals surface area contributed by atoms with Gasteiger partial charge in [0.2, 0.25) is 0 Å². The van der Waals surface area contributed by atoms with E-state index in [-0.39, 0.29) is 0 Å². The van der Waals surface area contributed by atoms with Gasteiger partial charge in [0.1, 0.15) is 0 Å². The van der Waals surface area contributed by atoms with Crippen LogP contribution >= 0.6 is 27.3 Å². The Balaban J connectivity index is 1.96. The van der Waals surface area contributed by atoms with Gasteiger partial charge in [0.25, 0.3) is 0 Å². The fraction of sp³-hybridized carbons (Fsp3) is 0.133. The number of aromatic nitrogens is 1. The van der Waals surface area contributed by atoms with Crippen molar-refractivity contribution in [3.63, 3.8) is 0 Å². The molecule has 0 unspecified atom stereocenters. The molecule has 2 nitrogen and oxygen atoms in total. The molecular formula is C15H13BrN2S. The summed E-state index contributed by atoms with van der Waals surface area (Å²) in [6.07, 6.45) is 1.01. The third kappa shape index (κ3) is 2.65. The number of benzene rings is 2. The standard InChI is InChI=1S/C15H13BrN2S/c1-2-10-5-3-4-6-12(10)17-15-18-13-8-7-11(16)9-14(13)19-15/h3-9H,2H2,1H3,(H,17,18). The van der Waals surface area contributed by atoms with E-state index >= 15 is 0 Å². The number of nitrogens with zero attached hydrogens (tertiary/aromatic N) is 1. The molecule has 2 aromatic carbocycles. The topological polar surface area (TPSA) is 24.9 Å². The van der Waals surface area contributed by atoms with Crippen LogP contribution in [0.4, 0.5) is 10.8 Å². The summed E-state index contributed by atoms with van der Waals surface area (Å²) < 4.78 is 2.27. The second-order valence-electron chi connectivity index (χ2n) is 4.27. The van der Waals surface area contributed by atoms with Crippen molar-refractivity contribution in [2.24, 2.45) is 0 Å². The number of nitrogens with one attached hydrogen (secondary N) is 1. The van der Waals surface area contributed by atoms with Crippen molar-refractivity contribution in [3.05, 3.63) is 52.5 Å². The van der Waals surface area contributed by atoms with Crippen LogP contribution in [0.3, 0.4) is 0 Å². The van der Waals surface area contributed by atoms with Gasteiger partial charge < -0.3 is 5.32 Å². The van der Waals surface area contributed by atoms with E-state index in [0.717, 1.165) is 27.2 Å². The smallest absolute Gasteiger partial charge is 0.188 e. The summed E-state index contributed by atoms with van der Waals surface area (Å²) in [4.78, 5) is 4.61. The van der Waals surface area contributed by atoms with Crippen molar-refractivity contribution < 1.29 is 0 Å². The molecule has 3 rings (SSSR count). The van der Waals surface area contributed by atoms with Crippen molar-refractivity contribution in [1.82, 2.24) is 4.98 Å². The molecule has 0 spiro atoms. The molecular weight excluding hydrogens is 320 g/mol. The Kier molecular flexibility index (Phi) is 3.53. The van der Waals surface area contributed by atoms with Crippen LogP contribution < -0.4 is 5.32 Å². The van der Waals surface area contributed by atoms with E-state index in [4.69, 9.17) is 0 Å². The summed E-state index contributed by atoms with van der Waals surface area (Å²) in [5, 5.41) is 4.36. The average molecular weight is 333 g/mol. The van der Waals surface area contributed by atoms with Crippen LogP contribution in [0.5, 0.6) is 0 Å². The fourth-order valence-corrected chi connectivity index (χ4v) is 3.45. The number of fused-ring (bicyclic) bond motifs is 1. The van der Waals surface area contributed by atoms with E-state index in [1.807, 2.05) is 18.2 Å². The van der Waals surface area contributed by atoms with Gasteiger partial charge in [-0.05, 0) is 36.2 Å². The van der Waals surface area contributed by atoms with Crippen LogP contribution in [0.25, 0.3) is 10.2 Å². The summed E-state index contributed by atoms with van der Waals surface area (Å²) in [5.74, 6) is 0. The molecule has 96 valence electrons. The van der Waals surface area contributed by atoms with Crippen molar-refractivity contribution in [1.29, 1.82) is 0 Å². The highest BCUT2D eigenvalue weighted by Crippen LogP contribution is 2.31. The van der Waals surface area contributed by atoms with Gasteiger partial charge in [-0.2, -0.15) is 0 Å². The first-order chi connectivity index (χ1) is 9.26. The largest absolute Gasteiger partial charge is 0.331 e. The van der Waals surface area contributed by atoms with E-state index in [1.54, 1.807) is 11.3 Å². The number of anilines is 2. The quantitative estimate of drug-likeness (QED) is 0.697. The lowest BCUT2D eigenvalue weighted by Crippen LogP contribution is -1.93. The second kappa shape index (κ2) is 5.31. The Morgan fingerprint density at radius 2 is 2.05 bits per heavy atom. The van der Waals surface area contributed by atoms with Gasteiger partial charge >= 0.3 is 0 Å². The lowest BCUT2D eigenvalue weighted by molar-refractivity contribution is 1.14. The first kappa shape index (κ1) is 12.6. The maximum Gasteiger partial charge on any atom is 0.188 e. The van der Waals surface area contributed by atoms with Crippen molar-refractivity contribution in [2.75, 3.05) is 5.32 Å². The van der Waals surface area contributed by atoms with Crippen LogP contribution in [0, 0.1) is 0 Å². The van der Waals surface area contributed by atoms with E-state index < -0.39 is 0 Å². The lowest BCUT2D eigenvalue weighted by Gasteiger charge is -2.07. The van der Waals surface area contributed by atoms with Crippen LogP contribution in [0.15, 0.2) is 46.9 Å². The molecule has 3 aromatic rings. The van der Waals surface area contributed by atoms with Crippen LogP contribution in [-0.2, 0) is 6.42 Å². The first-order valence-corrected chi connectivity index (χ1v) is 7.78. The summed E-state index contributed by atoms with van der Waals surface area (Å²) >= 11 is 5.16. The van der Waals surface area contributed by atoms with Crippen molar-refractivity contribution >= 4 is 48.3 Å². The van der Waals surface area contributed by atoms with Crippen LogP contribution in [-0.4, -0.2) is 4.98 Å². The van der Waals surface area contributed by atoms with Crippen LogP contribution in [0.2, 0.25) is 0 Å². The van der Waals surface area contributed by atoms with Crippen molar-refractivity contribution in [3.8, 4) is 0 Å². The summed E-state index contributed by atoms with van der Waals surface area (Å²) in [6, 6.07) is 14.5. The number of hydrogen-bond acceptors (Lipinski definition) is 3. The first-order valence-electron chi connectivity index (χ1n) is 6.17. The Morgan fingerprint density at radius 1 is 1.21 bits per heavy atom. The molecule has 0 bridgehead atoms. The average Bonchev–Trinajstić information content (AvgIpc) is 2.80. The van der Waals surface area contributed by atoms with Crippen LogP contribution in [0.1, 0.15) is 12.5 Å². The molecule has 0 amide bonds. The van der Waals surface area contributed by atoms with Gasteiger partial charge in [0.15, 0.2) is 5.13 Å². The highest BCUT2D eigenvalue weighted by Gasteiger charge is 2.06. The predicted octanol–water partition coefficient (Wildman–Crippen LogP) is 5.36. The highest BCUT2D eigenvalue weighted by molar-refractivity contribution is 9.10. The third-order valence-electron chi connectivity index (χ3n) is 2.99. The normalized spacial score (nSPS) is 10.8. The minimum Gasteiger partial charge on any atom is -0.331 e. The van der Waals surface area contributed by atoms with E-state index in [9.17, 15) is 0 Å².